The zero-order valence-electron chi connectivity index (χ0n) is 16.5. The predicted octanol–water partition coefficient (Wildman–Crippen LogP) is 5.10. The van der Waals surface area contributed by atoms with E-state index in [2.05, 4.69) is 36.1 Å². The molecule has 4 aliphatic rings. The highest BCUT2D eigenvalue weighted by atomic mass is 16.2. The van der Waals surface area contributed by atoms with E-state index in [4.69, 9.17) is 0 Å². The molecule has 144 valence electrons. The number of nitrogens with zero attached hydrogens (tertiary/aromatic N) is 1. The van der Waals surface area contributed by atoms with Crippen molar-refractivity contribution >= 4 is 11.7 Å². The molecule has 2 aromatic rings. The van der Waals surface area contributed by atoms with Crippen LogP contribution in [0.25, 0.3) is 0 Å². The molecule has 0 aromatic heterocycles. The molecule has 1 amide bonds. The molecule has 1 aliphatic heterocycles. The summed E-state index contributed by atoms with van der Waals surface area (Å²) in [7, 11) is 0. The fraction of sp³-hybridized carbons (Fsp3) is 0.440. The van der Waals surface area contributed by atoms with Crippen LogP contribution in [0.5, 0.6) is 0 Å². The molecule has 3 nitrogen and oxygen atoms in total. The third-order valence-electron chi connectivity index (χ3n) is 7.17. The smallest absolute Gasteiger partial charge is 0.229 e. The minimum absolute atomic E-state index is 0.0845. The molecule has 2 aromatic carbocycles. The number of likely N-dealkylation sites (tertiary alicyclic amines) is 1. The van der Waals surface area contributed by atoms with Gasteiger partial charge in [-0.1, -0.05) is 60.2 Å². The van der Waals surface area contributed by atoms with Gasteiger partial charge in [0, 0.05) is 18.5 Å². The molecular weight excluding hydrogens is 346 g/mol. The average molecular weight is 373 g/mol. The quantitative estimate of drug-likeness (QED) is 0.684. The summed E-state index contributed by atoms with van der Waals surface area (Å²) in [5, 5.41) is 0. The van der Waals surface area contributed by atoms with Crippen molar-refractivity contribution < 1.29 is 9.59 Å². The number of Topliss-reactive ketones (excluding diaryl/α,β-unsaturated/α-hetero) is 1. The number of benzene rings is 2. The molecular formula is C25H27NO2. The SMILES string of the molecule is Cc1cccc(C2CCCN2C(=O)C23CC(CC(=O)c4ccccc4)(C2)C3)c1. The van der Waals surface area contributed by atoms with Crippen LogP contribution in [0.1, 0.15) is 66.1 Å². The Morgan fingerprint density at radius 3 is 2.50 bits per heavy atom. The fourth-order valence-corrected chi connectivity index (χ4v) is 6.02. The normalized spacial score (nSPS) is 30.5. The van der Waals surface area contributed by atoms with Gasteiger partial charge in [-0.3, -0.25) is 9.59 Å². The van der Waals surface area contributed by atoms with Crippen molar-refractivity contribution in [3.63, 3.8) is 0 Å². The van der Waals surface area contributed by atoms with E-state index in [1.54, 1.807) is 0 Å². The van der Waals surface area contributed by atoms with E-state index in [1.165, 1.54) is 11.1 Å². The Kier molecular flexibility index (Phi) is 3.97. The van der Waals surface area contributed by atoms with Gasteiger partial charge in [0.2, 0.25) is 5.91 Å². The van der Waals surface area contributed by atoms with Crippen LogP contribution in [0, 0.1) is 17.8 Å². The summed E-state index contributed by atoms with van der Waals surface area (Å²) in [4.78, 5) is 28.1. The minimum Gasteiger partial charge on any atom is -0.335 e. The van der Waals surface area contributed by atoms with Crippen LogP contribution in [0.2, 0.25) is 0 Å². The predicted molar refractivity (Wildman–Crippen MR) is 109 cm³/mol. The van der Waals surface area contributed by atoms with Gasteiger partial charge >= 0.3 is 0 Å². The van der Waals surface area contributed by atoms with Crippen molar-refractivity contribution in [1.82, 2.24) is 4.90 Å². The number of carbonyl (C=O) groups excluding carboxylic acids is 2. The Bertz CT molecular complexity index is 913. The summed E-state index contributed by atoms with van der Waals surface area (Å²) >= 11 is 0. The maximum atomic E-state index is 13.4. The van der Waals surface area contributed by atoms with E-state index in [-0.39, 0.29) is 22.7 Å². The maximum Gasteiger partial charge on any atom is 0.229 e. The minimum atomic E-state index is -0.177. The van der Waals surface area contributed by atoms with Gasteiger partial charge in [-0.2, -0.15) is 0 Å². The number of hydrogen-bond acceptors (Lipinski definition) is 2. The molecule has 0 N–H and O–H groups in total. The van der Waals surface area contributed by atoms with E-state index in [1.807, 2.05) is 30.3 Å². The van der Waals surface area contributed by atoms with Crippen LogP contribution in [-0.4, -0.2) is 23.1 Å². The lowest BCUT2D eigenvalue weighted by molar-refractivity contribution is -0.215. The average Bonchev–Trinajstić information content (AvgIpc) is 3.13. The van der Waals surface area contributed by atoms with Gasteiger partial charge in [-0.15, -0.1) is 0 Å². The first kappa shape index (κ1) is 17.7. The molecule has 3 aliphatic carbocycles. The Labute approximate surface area is 166 Å². The topological polar surface area (TPSA) is 37.4 Å². The van der Waals surface area contributed by atoms with Crippen LogP contribution >= 0.6 is 0 Å². The molecule has 1 atom stereocenters. The number of amides is 1. The van der Waals surface area contributed by atoms with E-state index in [0.29, 0.717) is 12.3 Å². The van der Waals surface area contributed by atoms with Gasteiger partial charge < -0.3 is 4.90 Å². The van der Waals surface area contributed by atoms with Gasteiger partial charge in [0.25, 0.3) is 0 Å². The van der Waals surface area contributed by atoms with Gasteiger partial charge in [0.05, 0.1) is 11.5 Å². The molecule has 3 heteroatoms. The summed E-state index contributed by atoms with van der Waals surface area (Å²) in [6.45, 7) is 2.98. The zero-order chi connectivity index (χ0) is 19.4. The number of ketones is 1. The van der Waals surface area contributed by atoms with Crippen molar-refractivity contribution in [3.8, 4) is 0 Å². The largest absolute Gasteiger partial charge is 0.335 e. The van der Waals surface area contributed by atoms with Crippen molar-refractivity contribution in [2.45, 2.75) is 51.5 Å². The highest BCUT2D eigenvalue weighted by Gasteiger charge is 2.72. The van der Waals surface area contributed by atoms with Crippen molar-refractivity contribution in [3.05, 3.63) is 71.3 Å². The Morgan fingerprint density at radius 1 is 1.04 bits per heavy atom. The number of carbonyl (C=O) groups is 2. The molecule has 1 saturated heterocycles. The summed E-state index contributed by atoms with van der Waals surface area (Å²) in [6.07, 6.45) is 5.42. The van der Waals surface area contributed by atoms with Crippen molar-refractivity contribution in [2.24, 2.45) is 10.8 Å². The standard InChI is InChI=1S/C25H27NO2/c1-18-7-5-10-20(13-18)21-11-6-12-26(21)23(28)25-15-24(16-25,17-25)14-22(27)19-8-3-2-4-9-19/h2-5,7-10,13,21H,6,11-12,14-17H2,1H3. The van der Waals surface area contributed by atoms with Gasteiger partial charge in [0.15, 0.2) is 5.78 Å². The number of aryl methyl sites for hydroxylation is 1. The third kappa shape index (κ3) is 2.71. The Hall–Kier alpha value is -2.42. The van der Waals surface area contributed by atoms with E-state index in [0.717, 1.165) is 44.2 Å². The highest BCUT2D eigenvalue weighted by Crippen LogP contribution is 2.75. The van der Waals surface area contributed by atoms with Crippen LogP contribution < -0.4 is 0 Å². The second-order valence-electron chi connectivity index (χ2n) is 9.35. The summed E-state index contributed by atoms with van der Waals surface area (Å²) in [6, 6.07) is 18.4. The second kappa shape index (κ2) is 6.30. The van der Waals surface area contributed by atoms with Crippen LogP contribution in [0.4, 0.5) is 0 Å². The fourth-order valence-electron chi connectivity index (χ4n) is 6.02. The first-order valence-electron chi connectivity index (χ1n) is 10.5. The molecule has 1 heterocycles. The summed E-state index contributed by atoms with van der Waals surface area (Å²) in [5.41, 5.74) is 3.23. The van der Waals surface area contributed by atoms with Gasteiger partial charge in [-0.25, -0.2) is 0 Å². The Morgan fingerprint density at radius 2 is 1.79 bits per heavy atom. The van der Waals surface area contributed by atoms with E-state index < -0.39 is 0 Å². The lowest BCUT2D eigenvalue weighted by Crippen LogP contribution is -2.68. The Balaban J connectivity index is 1.25. The first-order valence-corrected chi connectivity index (χ1v) is 10.5. The molecule has 28 heavy (non-hydrogen) atoms. The van der Waals surface area contributed by atoms with Gasteiger partial charge in [0.1, 0.15) is 0 Å². The summed E-state index contributed by atoms with van der Waals surface area (Å²) in [5.74, 6) is 0.561. The third-order valence-corrected chi connectivity index (χ3v) is 7.17. The highest BCUT2D eigenvalue weighted by molar-refractivity contribution is 5.97. The monoisotopic (exact) mass is 373 g/mol. The molecule has 4 fully saturated rings. The van der Waals surface area contributed by atoms with Crippen LogP contribution in [-0.2, 0) is 4.79 Å². The molecule has 3 saturated carbocycles. The molecule has 1 unspecified atom stereocenters. The first-order chi connectivity index (χ1) is 13.5. The zero-order valence-corrected chi connectivity index (χ0v) is 16.5. The lowest BCUT2D eigenvalue weighted by atomic mass is 9.33. The van der Waals surface area contributed by atoms with Crippen LogP contribution in [0.3, 0.4) is 0 Å². The van der Waals surface area contributed by atoms with Crippen molar-refractivity contribution in [1.29, 1.82) is 0 Å². The molecule has 0 radical (unpaired) electrons. The van der Waals surface area contributed by atoms with E-state index >= 15 is 0 Å². The summed E-state index contributed by atoms with van der Waals surface area (Å²) < 4.78 is 0. The number of hydrogen-bond donors (Lipinski definition) is 0. The maximum absolute atomic E-state index is 13.4. The molecule has 0 spiro atoms. The van der Waals surface area contributed by atoms with E-state index in [9.17, 15) is 9.59 Å². The van der Waals surface area contributed by atoms with Crippen LogP contribution in [0.15, 0.2) is 54.6 Å². The lowest BCUT2D eigenvalue weighted by Gasteiger charge is -2.70. The molecule has 2 bridgehead atoms. The van der Waals surface area contributed by atoms with Crippen molar-refractivity contribution in [2.75, 3.05) is 6.54 Å². The van der Waals surface area contributed by atoms with Gasteiger partial charge in [-0.05, 0) is 50.0 Å². The number of rotatable bonds is 5. The molecule has 6 rings (SSSR count). The second-order valence-corrected chi connectivity index (χ2v) is 9.35.